The van der Waals surface area contributed by atoms with Gasteiger partial charge in [-0.15, -0.1) is 0 Å². The Balaban J connectivity index is 1.73. The molecule has 1 aromatic carbocycles. The Morgan fingerprint density at radius 3 is 2.88 bits per heavy atom. The lowest BCUT2D eigenvalue weighted by molar-refractivity contribution is -0.122. The first kappa shape index (κ1) is 12.0. The van der Waals surface area contributed by atoms with Crippen LogP contribution in [0.15, 0.2) is 18.2 Å². The molecule has 0 atom stereocenters. The topological polar surface area (TPSA) is 67.2 Å². The third-order valence-electron chi connectivity index (χ3n) is 2.70. The first-order chi connectivity index (χ1) is 8.16. The molecular formula is C12H16ClN3O. The zero-order valence-electron chi connectivity index (χ0n) is 9.50. The minimum absolute atomic E-state index is 0.158. The summed E-state index contributed by atoms with van der Waals surface area (Å²) in [6.45, 7) is 1.24. The number of benzene rings is 1. The van der Waals surface area contributed by atoms with Crippen LogP contribution in [0.3, 0.4) is 0 Å². The van der Waals surface area contributed by atoms with Crippen LogP contribution in [0.2, 0.25) is 5.02 Å². The van der Waals surface area contributed by atoms with Crippen molar-refractivity contribution in [2.75, 3.05) is 24.1 Å². The molecule has 1 fully saturated rings. The van der Waals surface area contributed by atoms with E-state index < -0.39 is 0 Å². The lowest BCUT2D eigenvalue weighted by Crippen LogP contribution is -2.29. The number of nitrogen functional groups attached to an aromatic ring is 1. The van der Waals surface area contributed by atoms with Gasteiger partial charge in [-0.1, -0.05) is 11.6 Å². The van der Waals surface area contributed by atoms with E-state index >= 15 is 0 Å². The van der Waals surface area contributed by atoms with Gasteiger partial charge in [-0.25, -0.2) is 0 Å². The molecule has 1 aliphatic carbocycles. The fourth-order valence-electron chi connectivity index (χ4n) is 1.55. The van der Waals surface area contributed by atoms with E-state index in [2.05, 4.69) is 10.6 Å². The van der Waals surface area contributed by atoms with Crippen molar-refractivity contribution in [1.82, 2.24) is 5.32 Å². The fourth-order valence-corrected chi connectivity index (χ4v) is 1.73. The molecule has 0 aliphatic heterocycles. The molecule has 1 aliphatic rings. The Labute approximate surface area is 106 Å². The summed E-state index contributed by atoms with van der Waals surface area (Å²) in [6.07, 6.45) is 2.06. The fraction of sp³-hybridized carbons (Fsp3) is 0.417. The minimum Gasteiger partial charge on any atom is -0.397 e. The van der Waals surface area contributed by atoms with Crippen LogP contribution in [0.4, 0.5) is 11.4 Å². The van der Waals surface area contributed by atoms with Crippen molar-refractivity contribution in [3.63, 3.8) is 0 Å². The van der Waals surface area contributed by atoms with Gasteiger partial charge in [0.15, 0.2) is 0 Å². The molecule has 5 heteroatoms. The summed E-state index contributed by atoms with van der Waals surface area (Å²) in [5, 5.41) is 6.66. The quantitative estimate of drug-likeness (QED) is 0.554. The van der Waals surface area contributed by atoms with E-state index in [1.165, 1.54) is 0 Å². The molecule has 17 heavy (non-hydrogen) atoms. The van der Waals surface area contributed by atoms with Crippen LogP contribution in [0.1, 0.15) is 12.8 Å². The van der Waals surface area contributed by atoms with E-state index in [0.717, 1.165) is 18.5 Å². The van der Waals surface area contributed by atoms with E-state index in [1.54, 1.807) is 18.2 Å². The average Bonchev–Trinajstić information content (AvgIpc) is 3.12. The van der Waals surface area contributed by atoms with E-state index in [4.69, 9.17) is 17.3 Å². The molecule has 0 unspecified atom stereocenters. The van der Waals surface area contributed by atoms with Gasteiger partial charge in [-0.2, -0.15) is 0 Å². The number of hydrogen-bond donors (Lipinski definition) is 3. The molecule has 1 aromatic rings. The molecule has 4 N–H and O–H groups in total. The molecule has 0 bridgehead atoms. The highest BCUT2D eigenvalue weighted by atomic mass is 35.5. The van der Waals surface area contributed by atoms with Crippen molar-refractivity contribution in [2.24, 2.45) is 5.92 Å². The first-order valence-corrected chi connectivity index (χ1v) is 6.11. The van der Waals surface area contributed by atoms with Crippen molar-refractivity contribution >= 4 is 28.9 Å². The smallest absolute Gasteiger partial charge is 0.223 e. The second kappa shape index (κ2) is 5.27. The molecule has 0 spiro atoms. The molecule has 0 aromatic heterocycles. The van der Waals surface area contributed by atoms with E-state index in [0.29, 0.717) is 23.8 Å². The van der Waals surface area contributed by atoms with Crippen LogP contribution in [-0.4, -0.2) is 19.0 Å². The van der Waals surface area contributed by atoms with Crippen molar-refractivity contribution in [2.45, 2.75) is 12.8 Å². The summed E-state index contributed by atoms with van der Waals surface area (Å²) in [5.74, 6) is 0.414. The summed E-state index contributed by atoms with van der Waals surface area (Å²) < 4.78 is 0. The van der Waals surface area contributed by atoms with Crippen molar-refractivity contribution in [1.29, 1.82) is 0 Å². The predicted octanol–water partition coefficient (Wildman–Crippen LogP) is 1.86. The highest BCUT2D eigenvalue weighted by Crippen LogP contribution is 2.28. The molecule has 1 saturated carbocycles. The van der Waals surface area contributed by atoms with Crippen molar-refractivity contribution < 1.29 is 4.79 Å². The highest BCUT2D eigenvalue weighted by Gasteiger charge is 2.28. The second-order valence-corrected chi connectivity index (χ2v) is 4.66. The number of nitrogens with two attached hydrogens (primary N) is 1. The van der Waals surface area contributed by atoms with E-state index in [-0.39, 0.29) is 11.8 Å². The van der Waals surface area contributed by atoms with E-state index in [1.807, 2.05) is 0 Å². The SMILES string of the molecule is Nc1ccc(Cl)cc1NCCNC(=O)C1CC1. The molecule has 2 rings (SSSR count). The number of carbonyl (C=O) groups excluding carboxylic acids is 1. The Bertz CT molecular complexity index is 418. The van der Waals surface area contributed by atoms with Crippen LogP contribution in [0.5, 0.6) is 0 Å². The van der Waals surface area contributed by atoms with Gasteiger partial charge in [0.05, 0.1) is 11.4 Å². The van der Waals surface area contributed by atoms with Gasteiger partial charge in [0.2, 0.25) is 5.91 Å². The van der Waals surface area contributed by atoms with Gasteiger partial charge in [-0.3, -0.25) is 4.79 Å². The Hall–Kier alpha value is -1.42. The Morgan fingerprint density at radius 2 is 2.18 bits per heavy atom. The predicted molar refractivity (Wildman–Crippen MR) is 70.1 cm³/mol. The standard InChI is InChI=1S/C12H16ClN3O/c13-9-3-4-10(14)11(7-9)15-5-6-16-12(17)8-1-2-8/h3-4,7-8,15H,1-2,5-6,14H2,(H,16,17). The molecule has 0 heterocycles. The maximum Gasteiger partial charge on any atom is 0.223 e. The largest absolute Gasteiger partial charge is 0.397 e. The zero-order valence-corrected chi connectivity index (χ0v) is 10.3. The molecule has 92 valence electrons. The van der Waals surface area contributed by atoms with Gasteiger partial charge in [0.25, 0.3) is 0 Å². The summed E-state index contributed by atoms with van der Waals surface area (Å²) in [5.41, 5.74) is 7.24. The summed E-state index contributed by atoms with van der Waals surface area (Å²) >= 11 is 5.86. The number of carbonyl (C=O) groups is 1. The first-order valence-electron chi connectivity index (χ1n) is 5.73. The number of halogens is 1. The Kier molecular flexibility index (Phi) is 3.74. The lowest BCUT2D eigenvalue weighted by atomic mass is 10.2. The maximum atomic E-state index is 11.4. The van der Waals surface area contributed by atoms with E-state index in [9.17, 15) is 4.79 Å². The average molecular weight is 254 g/mol. The number of anilines is 2. The van der Waals surface area contributed by atoms with Gasteiger partial charge >= 0.3 is 0 Å². The summed E-state index contributed by atoms with van der Waals surface area (Å²) in [7, 11) is 0. The normalized spacial score (nSPS) is 14.4. The molecule has 0 saturated heterocycles. The molecular weight excluding hydrogens is 238 g/mol. The monoisotopic (exact) mass is 253 g/mol. The van der Waals surface area contributed by atoms with Gasteiger partial charge in [0.1, 0.15) is 0 Å². The summed E-state index contributed by atoms with van der Waals surface area (Å²) in [4.78, 5) is 11.4. The lowest BCUT2D eigenvalue weighted by Gasteiger charge is -2.10. The van der Waals surface area contributed by atoms with Crippen molar-refractivity contribution in [3.8, 4) is 0 Å². The number of rotatable bonds is 5. The maximum absolute atomic E-state index is 11.4. The second-order valence-electron chi connectivity index (χ2n) is 4.22. The molecule has 0 radical (unpaired) electrons. The third kappa shape index (κ3) is 3.53. The van der Waals surface area contributed by atoms with Crippen LogP contribution in [-0.2, 0) is 4.79 Å². The van der Waals surface area contributed by atoms with Crippen LogP contribution in [0.25, 0.3) is 0 Å². The Morgan fingerprint density at radius 1 is 1.41 bits per heavy atom. The zero-order chi connectivity index (χ0) is 12.3. The van der Waals surface area contributed by atoms with Crippen LogP contribution >= 0.6 is 11.6 Å². The molecule has 1 amide bonds. The minimum atomic E-state index is 0.158. The summed E-state index contributed by atoms with van der Waals surface area (Å²) in [6, 6.07) is 5.28. The van der Waals surface area contributed by atoms with Gasteiger partial charge < -0.3 is 16.4 Å². The molecule has 4 nitrogen and oxygen atoms in total. The third-order valence-corrected chi connectivity index (χ3v) is 2.94. The van der Waals surface area contributed by atoms with Crippen molar-refractivity contribution in [3.05, 3.63) is 23.2 Å². The van der Waals surface area contributed by atoms with Gasteiger partial charge in [-0.05, 0) is 31.0 Å². The number of amides is 1. The number of nitrogens with one attached hydrogen (secondary N) is 2. The number of hydrogen-bond acceptors (Lipinski definition) is 3. The highest BCUT2D eigenvalue weighted by molar-refractivity contribution is 6.31. The van der Waals surface area contributed by atoms with Crippen LogP contribution < -0.4 is 16.4 Å². The van der Waals surface area contributed by atoms with Crippen LogP contribution in [0, 0.1) is 5.92 Å². The van der Waals surface area contributed by atoms with Gasteiger partial charge in [0, 0.05) is 24.0 Å².